The van der Waals surface area contributed by atoms with Crippen LogP contribution < -0.4 is 15.4 Å². The number of nitrogens with one attached hydrogen (secondary N) is 2. The van der Waals surface area contributed by atoms with Crippen molar-refractivity contribution in [1.29, 1.82) is 0 Å². The summed E-state index contributed by atoms with van der Waals surface area (Å²) >= 11 is 0. The lowest BCUT2D eigenvalue weighted by atomic mass is 10.0. The van der Waals surface area contributed by atoms with Crippen LogP contribution >= 0.6 is 0 Å². The van der Waals surface area contributed by atoms with Gasteiger partial charge in [-0.05, 0) is 62.6 Å². The molecule has 0 aromatic heterocycles. The van der Waals surface area contributed by atoms with E-state index in [0.29, 0.717) is 24.7 Å². The van der Waals surface area contributed by atoms with Crippen molar-refractivity contribution in [2.75, 3.05) is 13.6 Å². The molecule has 2 aromatic rings. The number of ether oxygens (including phenoxy) is 1. The fourth-order valence-electron chi connectivity index (χ4n) is 4.29. The van der Waals surface area contributed by atoms with E-state index in [2.05, 4.69) is 10.6 Å². The van der Waals surface area contributed by atoms with Gasteiger partial charge in [0.15, 0.2) is 0 Å². The van der Waals surface area contributed by atoms with Crippen LogP contribution in [0, 0.1) is 0 Å². The highest BCUT2D eigenvalue weighted by Crippen LogP contribution is 2.32. The zero-order valence-electron chi connectivity index (χ0n) is 21.4. The molecule has 0 aliphatic carbocycles. The van der Waals surface area contributed by atoms with Crippen LogP contribution in [0.25, 0.3) is 0 Å². The topological polar surface area (TPSA) is 105 Å². The van der Waals surface area contributed by atoms with Crippen LogP contribution in [0.3, 0.4) is 0 Å². The summed E-state index contributed by atoms with van der Waals surface area (Å²) in [6.07, 6.45) is -3.42. The predicted octanol–water partition coefficient (Wildman–Crippen LogP) is 3.51. The van der Waals surface area contributed by atoms with E-state index in [-0.39, 0.29) is 25.5 Å². The normalized spacial score (nSPS) is 17.6. The summed E-state index contributed by atoms with van der Waals surface area (Å²) in [5.74, 6) is -0.500. The largest absolute Gasteiger partial charge is 0.491 e. The van der Waals surface area contributed by atoms with Gasteiger partial charge < -0.3 is 15.4 Å². The van der Waals surface area contributed by atoms with Crippen LogP contribution in [-0.2, 0) is 32.2 Å². The van der Waals surface area contributed by atoms with Crippen molar-refractivity contribution >= 4 is 21.8 Å². The molecular weight excluding hydrogens is 523 g/mol. The Bertz CT molecular complexity index is 1230. The molecule has 208 valence electrons. The third-order valence-corrected chi connectivity index (χ3v) is 8.04. The summed E-state index contributed by atoms with van der Waals surface area (Å²) < 4.78 is 72.8. The Morgan fingerprint density at radius 3 is 2.39 bits per heavy atom. The van der Waals surface area contributed by atoms with E-state index in [1.165, 1.54) is 7.05 Å². The smallest absolute Gasteiger partial charge is 0.416 e. The molecule has 0 spiro atoms. The second-order valence-electron chi connectivity index (χ2n) is 9.34. The maximum Gasteiger partial charge on any atom is 0.416 e. The van der Waals surface area contributed by atoms with Gasteiger partial charge in [-0.25, -0.2) is 8.42 Å². The van der Waals surface area contributed by atoms with Gasteiger partial charge in [-0.1, -0.05) is 24.6 Å². The first-order valence-corrected chi connectivity index (χ1v) is 13.7. The van der Waals surface area contributed by atoms with Gasteiger partial charge in [0.25, 0.3) is 0 Å². The van der Waals surface area contributed by atoms with Crippen molar-refractivity contribution in [3.05, 3.63) is 59.7 Å². The molecule has 0 bridgehead atoms. The van der Waals surface area contributed by atoms with Gasteiger partial charge in [-0.15, -0.1) is 0 Å². The first-order valence-electron chi connectivity index (χ1n) is 12.3. The molecule has 1 fully saturated rings. The van der Waals surface area contributed by atoms with E-state index in [0.717, 1.165) is 28.1 Å². The van der Waals surface area contributed by atoms with Gasteiger partial charge >= 0.3 is 6.18 Å². The summed E-state index contributed by atoms with van der Waals surface area (Å²) in [6, 6.07) is 8.33. The van der Waals surface area contributed by atoms with Gasteiger partial charge in [0.1, 0.15) is 17.8 Å². The number of hydrogen-bond donors (Lipinski definition) is 2. The van der Waals surface area contributed by atoms with Crippen molar-refractivity contribution in [3.8, 4) is 5.75 Å². The summed E-state index contributed by atoms with van der Waals surface area (Å²) in [5, 5.41) is 5.16. The lowest BCUT2D eigenvalue weighted by Crippen LogP contribution is -2.56. The Labute approximate surface area is 220 Å². The Hall–Kier alpha value is -3.12. The van der Waals surface area contributed by atoms with Crippen molar-refractivity contribution in [1.82, 2.24) is 14.9 Å². The summed E-state index contributed by atoms with van der Waals surface area (Å²) in [5.41, 5.74) is -0.354. The lowest BCUT2D eigenvalue weighted by Gasteiger charge is -2.34. The lowest BCUT2D eigenvalue weighted by molar-refractivity contribution is -0.137. The van der Waals surface area contributed by atoms with E-state index in [1.54, 1.807) is 24.3 Å². The molecule has 8 nitrogen and oxygen atoms in total. The van der Waals surface area contributed by atoms with Gasteiger partial charge in [-0.2, -0.15) is 17.5 Å². The van der Waals surface area contributed by atoms with Crippen LogP contribution in [0.1, 0.15) is 44.2 Å². The first kappa shape index (κ1) is 29.4. The number of carbonyl (C=O) groups is 2. The van der Waals surface area contributed by atoms with Crippen molar-refractivity contribution in [2.45, 2.75) is 68.8 Å². The number of benzene rings is 2. The number of likely N-dealkylation sites (N-methyl/N-ethyl adjacent to an activating group) is 1. The van der Waals surface area contributed by atoms with E-state index in [1.807, 2.05) is 13.8 Å². The number of rotatable bonds is 9. The summed E-state index contributed by atoms with van der Waals surface area (Å²) in [7, 11) is -2.99. The number of amides is 2. The highest BCUT2D eigenvalue weighted by atomic mass is 32.2. The van der Waals surface area contributed by atoms with E-state index < -0.39 is 50.6 Å². The molecule has 2 aromatic carbocycles. The second-order valence-corrected chi connectivity index (χ2v) is 11.2. The molecule has 2 N–H and O–H groups in total. The predicted molar refractivity (Wildman–Crippen MR) is 135 cm³/mol. The SMILES string of the molecule is CNC(=O)[C@H](Cc1ccc(OC(C)C)cc1)NC(=O)C1CCCCN1S(=O)(=O)c1cccc(C(F)(F)F)c1. The maximum absolute atomic E-state index is 13.3. The fraction of sp³-hybridized carbons (Fsp3) is 0.462. The molecule has 0 saturated carbocycles. The molecule has 1 aliphatic heterocycles. The Balaban J connectivity index is 1.81. The number of alkyl halides is 3. The highest BCUT2D eigenvalue weighted by Gasteiger charge is 2.40. The van der Waals surface area contributed by atoms with Crippen molar-refractivity contribution < 1.29 is 35.9 Å². The number of sulfonamides is 1. The molecule has 2 amide bonds. The Kier molecular flexibility index (Phi) is 9.42. The average molecular weight is 556 g/mol. The monoisotopic (exact) mass is 555 g/mol. The zero-order valence-corrected chi connectivity index (χ0v) is 22.2. The molecule has 0 radical (unpaired) electrons. The number of hydrogen-bond acceptors (Lipinski definition) is 5. The quantitative estimate of drug-likeness (QED) is 0.493. The van der Waals surface area contributed by atoms with Gasteiger partial charge in [-0.3, -0.25) is 9.59 Å². The maximum atomic E-state index is 13.3. The van der Waals surface area contributed by atoms with Crippen LogP contribution in [-0.4, -0.2) is 56.3 Å². The molecule has 38 heavy (non-hydrogen) atoms. The average Bonchev–Trinajstić information content (AvgIpc) is 2.88. The molecule has 2 atom stereocenters. The Morgan fingerprint density at radius 2 is 1.79 bits per heavy atom. The third kappa shape index (κ3) is 7.25. The molecule has 12 heteroatoms. The molecule has 3 rings (SSSR count). The summed E-state index contributed by atoms with van der Waals surface area (Å²) in [6.45, 7) is 3.76. The highest BCUT2D eigenvalue weighted by molar-refractivity contribution is 7.89. The van der Waals surface area contributed by atoms with Crippen LogP contribution in [0.15, 0.2) is 53.4 Å². The van der Waals surface area contributed by atoms with Crippen LogP contribution in [0.4, 0.5) is 13.2 Å². The fourth-order valence-corrected chi connectivity index (χ4v) is 5.99. The minimum atomic E-state index is -4.72. The van der Waals surface area contributed by atoms with Gasteiger partial charge in [0, 0.05) is 20.0 Å². The molecule has 1 aliphatic rings. The number of halogens is 3. The Morgan fingerprint density at radius 1 is 1.11 bits per heavy atom. The standard InChI is InChI=1S/C26H32F3N3O5S/c1-17(2)37-20-12-10-18(11-13-20)15-22(24(33)30-3)31-25(34)23-9-4-5-14-32(23)38(35,36)21-8-6-7-19(16-21)26(27,28)29/h6-8,10-13,16-17,22-23H,4-5,9,14-15H2,1-3H3,(H,30,33)(H,31,34)/t22-,23?/m0/s1. The second kappa shape index (κ2) is 12.2. The first-order chi connectivity index (χ1) is 17.8. The number of piperidine rings is 1. The third-order valence-electron chi connectivity index (χ3n) is 6.14. The van der Waals surface area contributed by atoms with Gasteiger partial charge in [0.05, 0.1) is 16.6 Å². The van der Waals surface area contributed by atoms with E-state index in [4.69, 9.17) is 4.74 Å². The number of nitrogens with zero attached hydrogens (tertiary/aromatic N) is 1. The van der Waals surface area contributed by atoms with E-state index in [9.17, 15) is 31.2 Å². The van der Waals surface area contributed by atoms with Gasteiger partial charge in [0.2, 0.25) is 21.8 Å². The molecule has 1 unspecified atom stereocenters. The van der Waals surface area contributed by atoms with Crippen LogP contribution in [0.2, 0.25) is 0 Å². The zero-order chi connectivity index (χ0) is 28.1. The van der Waals surface area contributed by atoms with E-state index >= 15 is 0 Å². The molecular formula is C26H32F3N3O5S. The minimum absolute atomic E-state index is 0.00980. The molecule has 1 saturated heterocycles. The number of carbonyl (C=O) groups excluding carboxylic acids is 2. The minimum Gasteiger partial charge on any atom is -0.491 e. The molecule has 1 heterocycles. The van der Waals surface area contributed by atoms with Crippen molar-refractivity contribution in [3.63, 3.8) is 0 Å². The van der Waals surface area contributed by atoms with Crippen LogP contribution in [0.5, 0.6) is 5.75 Å². The van der Waals surface area contributed by atoms with Crippen molar-refractivity contribution in [2.24, 2.45) is 0 Å². The summed E-state index contributed by atoms with van der Waals surface area (Å²) in [4.78, 5) is 25.4.